The van der Waals surface area contributed by atoms with Crippen LogP contribution in [-0.4, -0.2) is 13.0 Å². The van der Waals surface area contributed by atoms with Crippen LogP contribution >= 0.6 is 51.2 Å². The predicted molar refractivity (Wildman–Crippen MR) is 106 cm³/mol. The minimum Gasteiger partial charge on any atom is -0.352 e. The Kier molecular flexibility index (Phi) is 8.34. The van der Waals surface area contributed by atoms with Crippen molar-refractivity contribution in [3.8, 4) is 0 Å². The molecule has 120 valence electrons. The molecule has 3 nitrogen and oxygen atoms in total. The number of aliphatic imine (C=N–C) groups is 1. The molecule has 0 aliphatic carbocycles. The molecule has 22 heavy (non-hydrogen) atoms. The fourth-order valence-corrected chi connectivity index (χ4v) is 3.06. The Morgan fingerprint density at radius 3 is 2.64 bits per heavy atom. The number of aryl methyl sites for hydroxylation is 1. The predicted octanol–water partition coefficient (Wildman–Crippen LogP) is 4.44. The Hall–Kier alpha value is -0.670. The molecule has 0 saturated heterocycles. The molecule has 0 atom stereocenters. The largest absolute Gasteiger partial charge is 0.352 e. The van der Waals surface area contributed by atoms with Gasteiger partial charge in [0.2, 0.25) is 0 Å². The average Bonchev–Trinajstić information content (AvgIpc) is 2.88. The quantitative estimate of drug-likeness (QED) is 0.372. The van der Waals surface area contributed by atoms with Crippen LogP contribution in [0.25, 0.3) is 0 Å². The first-order valence-corrected chi connectivity index (χ1v) is 8.19. The highest BCUT2D eigenvalue weighted by molar-refractivity contribution is 14.0. The molecule has 2 N–H and O–H groups in total. The van der Waals surface area contributed by atoms with E-state index in [2.05, 4.69) is 49.9 Å². The van der Waals surface area contributed by atoms with Gasteiger partial charge in [-0.15, -0.1) is 35.3 Å². The molecule has 0 amide bonds. The van der Waals surface area contributed by atoms with Gasteiger partial charge in [-0.05, 0) is 47.7 Å². The number of rotatable bonds is 4. The van der Waals surface area contributed by atoms with E-state index < -0.39 is 0 Å². The summed E-state index contributed by atoms with van der Waals surface area (Å²) in [6, 6.07) is 6.74. The lowest BCUT2D eigenvalue weighted by molar-refractivity contribution is 0.624. The van der Waals surface area contributed by atoms with E-state index in [0.717, 1.165) is 16.6 Å². The van der Waals surface area contributed by atoms with E-state index in [1.165, 1.54) is 22.6 Å². The van der Waals surface area contributed by atoms with E-state index in [-0.39, 0.29) is 29.8 Å². The van der Waals surface area contributed by atoms with E-state index in [9.17, 15) is 4.39 Å². The average molecular weight is 498 g/mol. The van der Waals surface area contributed by atoms with Gasteiger partial charge in [0.15, 0.2) is 5.96 Å². The smallest absolute Gasteiger partial charge is 0.191 e. The number of hydrogen-bond acceptors (Lipinski definition) is 2. The van der Waals surface area contributed by atoms with E-state index in [1.807, 2.05) is 0 Å². The van der Waals surface area contributed by atoms with Crippen molar-refractivity contribution in [3.63, 3.8) is 0 Å². The summed E-state index contributed by atoms with van der Waals surface area (Å²) in [4.78, 5) is 5.46. The van der Waals surface area contributed by atoms with Crippen molar-refractivity contribution in [1.29, 1.82) is 0 Å². The molecule has 0 radical (unpaired) electrons. The fourth-order valence-electron chi connectivity index (χ4n) is 1.83. The molecule has 2 rings (SSSR count). The molecule has 1 aromatic carbocycles. The Labute approximate surface area is 159 Å². The summed E-state index contributed by atoms with van der Waals surface area (Å²) in [5.41, 5.74) is 2.13. The van der Waals surface area contributed by atoms with Gasteiger partial charge >= 0.3 is 0 Å². The number of thiophene rings is 1. The van der Waals surface area contributed by atoms with Crippen LogP contribution in [0.2, 0.25) is 0 Å². The van der Waals surface area contributed by atoms with Crippen molar-refractivity contribution in [2.45, 2.75) is 20.0 Å². The van der Waals surface area contributed by atoms with Crippen LogP contribution < -0.4 is 10.6 Å². The maximum Gasteiger partial charge on any atom is 0.191 e. The highest BCUT2D eigenvalue weighted by Gasteiger charge is 2.05. The zero-order valence-electron chi connectivity index (χ0n) is 12.3. The molecule has 7 heteroatoms. The van der Waals surface area contributed by atoms with Crippen LogP contribution in [-0.2, 0) is 13.1 Å². The first-order valence-electron chi connectivity index (χ1n) is 6.51. The third-order valence-corrected chi connectivity index (χ3v) is 4.86. The minimum atomic E-state index is -0.243. The standard InChI is InChI=1S/C15H17BrFN3S.HI/c1-10-5-6-21-14(10)9-20-15(18-2)19-8-11-7-12(17)3-4-13(11)16;/h3-7H,8-9H2,1-2H3,(H2,18,19,20);1H. The normalized spacial score (nSPS) is 11.0. The van der Waals surface area contributed by atoms with Gasteiger partial charge in [-0.1, -0.05) is 15.9 Å². The summed E-state index contributed by atoms with van der Waals surface area (Å²) in [5.74, 6) is 0.450. The van der Waals surface area contributed by atoms with Gasteiger partial charge in [-0.3, -0.25) is 4.99 Å². The third-order valence-electron chi connectivity index (χ3n) is 3.06. The Bertz CT molecular complexity index is 645. The van der Waals surface area contributed by atoms with Crippen LogP contribution in [0.4, 0.5) is 4.39 Å². The number of nitrogens with one attached hydrogen (secondary N) is 2. The second kappa shape index (κ2) is 9.46. The molecule has 0 bridgehead atoms. The summed E-state index contributed by atoms with van der Waals surface area (Å²) in [5, 5.41) is 8.52. The molecule has 0 unspecified atom stereocenters. The highest BCUT2D eigenvalue weighted by Crippen LogP contribution is 2.17. The van der Waals surface area contributed by atoms with Crippen LogP contribution in [0.5, 0.6) is 0 Å². The third kappa shape index (κ3) is 5.51. The van der Waals surface area contributed by atoms with Gasteiger partial charge in [0.05, 0.1) is 6.54 Å². The number of hydrogen-bond donors (Lipinski definition) is 2. The maximum atomic E-state index is 13.2. The topological polar surface area (TPSA) is 36.4 Å². The van der Waals surface area contributed by atoms with E-state index in [1.54, 1.807) is 24.5 Å². The number of halogens is 3. The number of nitrogens with zero attached hydrogens (tertiary/aromatic N) is 1. The summed E-state index contributed by atoms with van der Waals surface area (Å²) in [6.07, 6.45) is 0. The van der Waals surface area contributed by atoms with Gasteiger partial charge in [0.1, 0.15) is 5.82 Å². The number of benzene rings is 1. The SMILES string of the molecule is CN=C(NCc1cc(F)ccc1Br)NCc1sccc1C.I. The number of guanidine groups is 1. The summed E-state index contributed by atoms with van der Waals surface area (Å²) < 4.78 is 14.1. The van der Waals surface area contributed by atoms with Crippen molar-refractivity contribution in [2.24, 2.45) is 4.99 Å². The van der Waals surface area contributed by atoms with Crippen LogP contribution in [0, 0.1) is 12.7 Å². The lowest BCUT2D eigenvalue weighted by Gasteiger charge is -2.12. The molecule has 0 spiro atoms. The molecule has 0 fully saturated rings. The van der Waals surface area contributed by atoms with Crippen LogP contribution in [0.3, 0.4) is 0 Å². The highest BCUT2D eigenvalue weighted by atomic mass is 127. The van der Waals surface area contributed by atoms with Crippen molar-refractivity contribution < 1.29 is 4.39 Å². The van der Waals surface area contributed by atoms with Crippen molar-refractivity contribution in [1.82, 2.24) is 10.6 Å². The molecule has 0 aliphatic heterocycles. The lowest BCUT2D eigenvalue weighted by atomic mass is 10.2. The van der Waals surface area contributed by atoms with Crippen molar-refractivity contribution >= 4 is 57.2 Å². The van der Waals surface area contributed by atoms with Gasteiger partial charge in [0, 0.05) is 22.9 Å². The second-order valence-electron chi connectivity index (χ2n) is 4.54. The Morgan fingerprint density at radius 1 is 1.27 bits per heavy atom. The summed E-state index contributed by atoms with van der Waals surface area (Å²) in [7, 11) is 1.72. The zero-order valence-corrected chi connectivity index (χ0v) is 17.1. The van der Waals surface area contributed by atoms with Crippen LogP contribution in [0.1, 0.15) is 16.0 Å². The molecular weight excluding hydrogens is 480 g/mol. The zero-order chi connectivity index (χ0) is 15.2. The molecule has 2 aromatic rings. The van der Waals surface area contributed by atoms with E-state index >= 15 is 0 Å². The molecule has 1 heterocycles. The molecule has 0 saturated carbocycles. The monoisotopic (exact) mass is 497 g/mol. The second-order valence-corrected chi connectivity index (χ2v) is 6.40. The van der Waals surface area contributed by atoms with Crippen molar-refractivity contribution in [2.75, 3.05) is 7.05 Å². The van der Waals surface area contributed by atoms with Gasteiger partial charge in [-0.25, -0.2) is 4.39 Å². The van der Waals surface area contributed by atoms with Gasteiger partial charge < -0.3 is 10.6 Å². The first kappa shape index (κ1) is 19.4. The van der Waals surface area contributed by atoms with E-state index in [4.69, 9.17) is 0 Å². The molecule has 1 aromatic heterocycles. The van der Waals surface area contributed by atoms with Crippen LogP contribution in [0.15, 0.2) is 39.1 Å². The summed E-state index contributed by atoms with van der Waals surface area (Å²) in [6.45, 7) is 3.32. The van der Waals surface area contributed by atoms with Gasteiger partial charge in [-0.2, -0.15) is 0 Å². The van der Waals surface area contributed by atoms with Gasteiger partial charge in [0.25, 0.3) is 0 Å². The Morgan fingerprint density at radius 2 is 2.00 bits per heavy atom. The maximum absolute atomic E-state index is 13.2. The van der Waals surface area contributed by atoms with E-state index in [0.29, 0.717) is 12.5 Å². The summed E-state index contributed by atoms with van der Waals surface area (Å²) >= 11 is 5.14. The first-order chi connectivity index (χ1) is 10.1. The Balaban J connectivity index is 0.00000242. The minimum absolute atomic E-state index is 0. The van der Waals surface area contributed by atoms with Crippen molar-refractivity contribution in [3.05, 3.63) is 55.9 Å². The fraction of sp³-hybridized carbons (Fsp3) is 0.267. The molecular formula is C15H18BrFIN3S. The molecule has 0 aliphatic rings. The lowest BCUT2D eigenvalue weighted by Crippen LogP contribution is -2.36.